The monoisotopic (exact) mass is 602 g/mol. The summed E-state index contributed by atoms with van der Waals surface area (Å²) < 4.78 is 12.5. The number of ether oxygens (including phenoxy) is 2. The molecule has 12 heteroatoms. The Bertz CT molecular complexity index is 1400. The van der Waals surface area contributed by atoms with Gasteiger partial charge in [0.25, 0.3) is 0 Å². The number of rotatable bonds is 8. The Morgan fingerprint density at radius 1 is 1.17 bits per heavy atom. The number of nitrogens with zero attached hydrogens (tertiary/aromatic N) is 6. The molecule has 0 radical (unpaired) electrons. The number of aliphatic hydroxyl groups is 1. The summed E-state index contributed by atoms with van der Waals surface area (Å²) >= 11 is 13.3. The molecule has 0 unspecified atom stereocenters. The van der Waals surface area contributed by atoms with Crippen molar-refractivity contribution in [2.75, 3.05) is 44.8 Å². The summed E-state index contributed by atoms with van der Waals surface area (Å²) in [7, 11) is 3.25. The summed E-state index contributed by atoms with van der Waals surface area (Å²) in [4.78, 5) is 26.0. The molecule has 2 aliphatic rings. The van der Waals surface area contributed by atoms with Gasteiger partial charge in [0.15, 0.2) is 5.82 Å². The lowest BCUT2D eigenvalue weighted by atomic mass is 9.72. The molecular weight excluding hydrogens is 567 g/mol. The van der Waals surface area contributed by atoms with Crippen molar-refractivity contribution in [1.29, 1.82) is 0 Å². The molecule has 3 aromatic rings. The number of aryl methyl sites for hydroxylation is 1. The van der Waals surface area contributed by atoms with Gasteiger partial charge in [0.05, 0.1) is 35.1 Å². The highest BCUT2D eigenvalue weighted by Gasteiger charge is 2.47. The van der Waals surface area contributed by atoms with Crippen molar-refractivity contribution >= 4 is 35.1 Å². The number of aromatic nitrogens is 4. The third-order valence-electron chi connectivity index (χ3n) is 8.09. The zero-order chi connectivity index (χ0) is 29.3. The average Bonchev–Trinajstić information content (AvgIpc) is 3.28. The maximum atomic E-state index is 12.0. The number of hydrogen-bond acceptors (Lipinski definition) is 8. The van der Waals surface area contributed by atoms with Crippen molar-refractivity contribution in [2.24, 2.45) is 12.5 Å². The van der Waals surface area contributed by atoms with Crippen molar-refractivity contribution in [3.05, 3.63) is 40.0 Å². The van der Waals surface area contributed by atoms with Crippen molar-refractivity contribution in [3.63, 3.8) is 0 Å². The molecule has 1 aromatic carbocycles. The van der Waals surface area contributed by atoms with Crippen molar-refractivity contribution in [3.8, 4) is 28.5 Å². The minimum absolute atomic E-state index is 0.122. The van der Waals surface area contributed by atoms with E-state index in [2.05, 4.69) is 10.00 Å². The Balaban J connectivity index is 1.48. The number of amides is 1. The van der Waals surface area contributed by atoms with Gasteiger partial charge in [0.1, 0.15) is 23.9 Å². The van der Waals surface area contributed by atoms with Crippen LogP contribution in [0.4, 0.5) is 10.6 Å². The summed E-state index contributed by atoms with van der Waals surface area (Å²) in [5, 5.41) is 15.4. The molecule has 4 heterocycles. The number of hydrogen-bond donors (Lipinski definition) is 1. The van der Waals surface area contributed by atoms with E-state index in [1.807, 2.05) is 27.0 Å². The number of piperidine rings is 1. The molecule has 0 bridgehead atoms. The molecule has 220 valence electrons. The van der Waals surface area contributed by atoms with Crippen LogP contribution in [0.5, 0.6) is 5.75 Å². The van der Waals surface area contributed by atoms with Crippen LogP contribution in [-0.2, 0) is 11.8 Å². The van der Waals surface area contributed by atoms with Crippen LogP contribution >= 0.6 is 23.2 Å². The maximum Gasteiger partial charge on any atom is 0.409 e. The zero-order valence-electron chi connectivity index (χ0n) is 23.9. The molecule has 5 rings (SSSR count). The minimum Gasteiger partial charge on any atom is -0.491 e. The minimum atomic E-state index is -0.543. The van der Waals surface area contributed by atoms with Crippen LogP contribution in [0, 0.1) is 12.3 Å². The molecule has 0 aliphatic carbocycles. The number of carbonyl (C=O) groups excluding carboxylic acids is 1. The van der Waals surface area contributed by atoms with E-state index in [4.69, 9.17) is 42.6 Å². The quantitative estimate of drug-likeness (QED) is 0.367. The van der Waals surface area contributed by atoms with Gasteiger partial charge >= 0.3 is 6.09 Å². The summed E-state index contributed by atoms with van der Waals surface area (Å²) in [5.41, 5.74) is 3.01. The fraction of sp³-hybridized carbons (Fsp3) is 0.517. The second kappa shape index (κ2) is 12.0. The molecule has 2 aliphatic heterocycles. The van der Waals surface area contributed by atoms with Crippen LogP contribution < -0.4 is 9.64 Å². The number of anilines is 1. The zero-order valence-corrected chi connectivity index (χ0v) is 25.4. The fourth-order valence-electron chi connectivity index (χ4n) is 5.74. The predicted octanol–water partition coefficient (Wildman–Crippen LogP) is 5.37. The Hall–Kier alpha value is -3.08. The van der Waals surface area contributed by atoms with Gasteiger partial charge in [0.2, 0.25) is 0 Å². The SMILES string of the molecule is CCC[C@@H](O)COc1ccc(Cl)c(-c2nc(-c3c(Cl)cnn3C)c(C)c(N3CC4(CCN(C(=O)OC)CC4)C3)n2)c1. The number of benzene rings is 1. The summed E-state index contributed by atoms with van der Waals surface area (Å²) in [6.07, 6.45) is 4.14. The van der Waals surface area contributed by atoms with Gasteiger partial charge in [-0.2, -0.15) is 5.10 Å². The maximum absolute atomic E-state index is 12.0. The highest BCUT2D eigenvalue weighted by atomic mass is 35.5. The average molecular weight is 604 g/mol. The smallest absolute Gasteiger partial charge is 0.409 e. The number of halogens is 2. The standard InChI is InChI=1S/C29H36Cl2N6O4/c1-5-6-19(38)15-41-20-7-8-22(30)21(13-20)26-33-24(25-23(31)14-32-35(25)3)18(2)27(34-26)37-16-29(17-37)9-11-36(12-10-29)28(39)40-4/h7-8,13-14,19,38H,5-6,9-12,15-17H2,1-4H3/t19-/m1/s1. The summed E-state index contributed by atoms with van der Waals surface area (Å²) in [5.74, 6) is 1.83. The lowest BCUT2D eigenvalue weighted by Crippen LogP contribution is -2.61. The molecule has 10 nitrogen and oxygen atoms in total. The topological polar surface area (TPSA) is 106 Å². The van der Waals surface area contributed by atoms with Gasteiger partial charge in [0, 0.05) is 49.8 Å². The Morgan fingerprint density at radius 2 is 1.90 bits per heavy atom. The number of likely N-dealkylation sites (tertiary alicyclic amines) is 1. The Kier molecular flexibility index (Phi) is 8.63. The molecule has 1 N–H and O–H groups in total. The van der Waals surface area contributed by atoms with Crippen LogP contribution in [0.25, 0.3) is 22.8 Å². The summed E-state index contributed by atoms with van der Waals surface area (Å²) in [6, 6.07) is 5.34. The van der Waals surface area contributed by atoms with Crippen molar-refractivity contribution in [1.82, 2.24) is 24.6 Å². The summed E-state index contributed by atoms with van der Waals surface area (Å²) in [6.45, 7) is 7.22. The normalized spacial score (nSPS) is 17.0. The van der Waals surface area contributed by atoms with Gasteiger partial charge in [-0.3, -0.25) is 4.68 Å². The van der Waals surface area contributed by atoms with E-state index in [1.165, 1.54) is 7.11 Å². The van der Waals surface area contributed by atoms with Gasteiger partial charge in [-0.05, 0) is 44.4 Å². The second-order valence-electron chi connectivity index (χ2n) is 11.0. The van der Waals surface area contributed by atoms with E-state index < -0.39 is 6.10 Å². The number of carbonyl (C=O) groups is 1. The lowest BCUT2D eigenvalue weighted by Gasteiger charge is -2.54. The molecule has 1 amide bonds. The van der Waals surface area contributed by atoms with Crippen LogP contribution in [0.3, 0.4) is 0 Å². The van der Waals surface area contributed by atoms with Gasteiger partial charge in [-0.1, -0.05) is 36.5 Å². The third-order valence-corrected chi connectivity index (χ3v) is 8.70. The Labute approximate surface area is 250 Å². The van der Waals surface area contributed by atoms with Crippen LogP contribution in [0.2, 0.25) is 10.0 Å². The first-order valence-electron chi connectivity index (χ1n) is 13.9. The van der Waals surface area contributed by atoms with Gasteiger partial charge < -0.3 is 24.4 Å². The first-order chi connectivity index (χ1) is 19.6. The molecule has 1 spiro atoms. The molecule has 2 saturated heterocycles. The Morgan fingerprint density at radius 3 is 2.54 bits per heavy atom. The lowest BCUT2D eigenvalue weighted by molar-refractivity contribution is 0.0621. The van der Waals surface area contributed by atoms with Crippen LogP contribution in [0.15, 0.2) is 24.4 Å². The molecule has 2 aromatic heterocycles. The van der Waals surface area contributed by atoms with Crippen molar-refractivity contribution in [2.45, 2.75) is 45.6 Å². The van der Waals surface area contributed by atoms with Crippen LogP contribution in [0.1, 0.15) is 38.2 Å². The highest BCUT2D eigenvalue weighted by Crippen LogP contribution is 2.45. The second-order valence-corrected chi connectivity index (χ2v) is 11.8. The highest BCUT2D eigenvalue weighted by molar-refractivity contribution is 6.33. The third kappa shape index (κ3) is 5.96. The van der Waals surface area contributed by atoms with E-state index in [1.54, 1.807) is 27.9 Å². The van der Waals surface area contributed by atoms with Gasteiger partial charge in [-0.25, -0.2) is 14.8 Å². The number of methoxy groups -OCH3 is 1. The fourth-order valence-corrected chi connectivity index (χ4v) is 6.20. The van der Waals surface area contributed by atoms with E-state index in [0.29, 0.717) is 58.1 Å². The molecule has 1 atom stereocenters. The largest absolute Gasteiger partial charge is 0.491 e. The van der Waals surface area contributed by atoms with Crippen LogP contribution in [-0.4, -0.2) is 81.8 Å². The molecule has 2 fully saturated rings. The van der Waals surface area contributed by atoms with E-state index in [9.17, 15) is 9.90 Å². The molecular formula is C29H36Cl2N6O4. The predicted molar refractivity (Wildman–Crippen MR) is 159 cm³/mol. The van der Waals surface area contributed by atoms with Crippen molar-refractivity contribution < 1.29 is 19.4 Å². The molecule has 41 heavy (non-hydrogen) atoms. The molecule has 0 saturated carbocycles. The van der Waals surface area contributed by atoms with E-state index >= 15 is 0 Å². The van der Waals surface area contributed by atoms with Gasteiger partial charge in [-0.15, -0.1) is 0 Å². The van der Waals surface area contributed by atoms with E-state index in [0.717, 1.165) is 43.7 Å². The number of aliphatic hydroxyl groups excluding tert-OH is 1. The first kappa shape index (κ1) is 29.4. The van der Waals surface area contributed by atoms with E-state index in [-0.39, 0.29) is 18.1 Å². The first-order valence-corrected chi connectivity index (χ1v) is 14.7.